The van der Waals surface area contributed by atoms with Crippen molar-refractivity contribution >= 4 is 34.7 Å². The molecule has 1 aliphatic heterocycles. The number of thiophene rings is 1. The lowest BCUT2D eigenvalue weighted by Gasteiger charge is -2.29. The summed E-state index contributed by atoms with van der Waals surface area (Å²) in [5, 5.41) is 4.98. The third-order valence-corrected chi connectivity index (χ3v) is 4.56. The van der Waals surface area contributed by atoms with Crippen molar-refractivity contribution in [2.24, 2.45) is 0 Å². The summed E-state index contributed by atoms with van der Waals surface area (Å²) < 4.78 is 5.38. The highest BCUT2D eigenvalue weighted by Gasteiger charge is 2.12. The van der Waals surface area contributed by atoms with E-state index in [1.165, 1.54) is 0 Å². The molecule has 0 saturated carbocycles. The van der Waals surface area contributed by atoms with Gasteiger partial charge in [0.25, 0.3) is 5.91 Å². The smallest absolute Gasteiger partial charge is 0.251 e. The first-order valence-corrected chi connectivity index (χ1v) is 8.56. The van der Waals surface area contributed by atoms with E-state index in [-0.39, 0.29) is 5.91 Å². The van der Waals surface area contributed by atoms with Crippen LogP contribution in [0.3, 0.4) is 0 Å². The van der Waals surface area contributed by atoms with Crippen LogP contribution in [0.2, 0.25) is 0 Å². The fourth-order valence-corrected chi connectivity index (χ4v) is 3.20. The molecule has 23 heavy (non-hydrogen) atoms. The summed E-state index contributed by atoms with van der Waals surface area (Å²) in [6, 6.07) is 11.9. The van der Waals surface area contributed by atoms with E-state index in [2.05, 4.69) is 16.3 Å². The SMILES string of the molecule is C/C(=C\c1cccs1)C(=O)Nc1cccc(N2CCOCC2)c1. The van der Waals surface area contributed by atoms with Gasteiger partial charge in [0.1, 0.15) is 0 Å². The predicted octanol–water partition coefficient (Wildman–Crippen LogP) is 3.63. The minimum Gasteiger partial charge on any atom is -0.378 e. The van der Waals surface area contributed by atoms with Crippen LogP contribution < -0.4 is 10.2 Å². The molecule has 1 saturated heterocycles. The summed E-state index contributed by atoms with van der Waals surface area (Å²) in [6.07, 6.45) is 1.91. The van der Waals surface area contributed by atoms with Crippen molar-refractivity contribution in [3.63, 3.8) is 0 Å². The van der Waals surface area contributed by atoms with Crippen molar-refractivity contribution in [3.8, 4) is 0 Å². The minimum absolute atomic E-state index is 0.0717. The lowest BCUT2D eigenvalue weighted by Crippen LogP contribution is -2.36. The molecule has 1 aliphatic rings. The van der Waals surface area contributed by atoms with Crippen molar-refractivity contribution < 1.29 is 9.53 Å². The zero-order valence-corrected chi connectivity index (χ0v) is 13.9. The van der Waals surface area contributed by atoms with Crippen molar-refractivity contribution in [2.45, 2.75) is 6.92 Å². The Morgan fingerprint density at radius 3 is 2.83 bits per heavy atom. The van der Waals surface area contributed by atoms with Crippen LogP contribution in [0.25, 0.3) is 6.08 Å². The first kappa shape index (κ1) is 15.8. The Labute approximate surface area is 140 Å². The molecule has 1 N–H and O–H groups in total. The maximum Gasteiger partial charge on any atom is 0.251 e. The van der Waals surface area contributed by atoms with Crippen LogP contribution in [-0.2, 0) is 9.53 Å². The van der Waals surface area contributed by atoms with Gasteiger partial charge in [-0.25, -0.2) is 0 Å². The van der Waals surface area contributed by atoms with Crippen molar-refractivity contribution in [2.75, 3.05) is 36.5 Å². The number of anilines is 2. The number of morpholine rings is 1. The number of hydrogen-bond donors (Lipinski definition) is 1. The number of carbonyl (C=O) groups excluding carboxylic acids is 1. The highest BCUT2D eigenvalue weighted by atomic mass is 32.1. The first-order valence-electron chi connectivity index (χ1n) is 7.68. The molecule has 1 fully saturated rings. The number of rotatable bonds is 4. The molecule has 0 aliphatic carbocycles. The largest absolute Gasteiger partial charge is 0.378 e. The number of hydrogen-bond acceptors (Lipinski definition) is 4. The van der Waals surface area contributed by atoms with Crippen LogP contribution in [0.4, 0.5) is 11.4 Å². The summed E-state index contributed by atoms with van der Waals surface area (Å²) >= 11 is 1.62. The normalized spacial score (nSPS) is 15.5. The van der Waals surface area contributed by atoms with Gasteiger partial charge in [0.2, 0.25) is 0 Å². The van der Waals surface area contributed by atoms with Crippen LogP contribution >= 0.6 is 11.3 Å². The zero-order valence-electron chi connectivity index (χ0n) is 13.1. The molecule has 1 amide bonds. The van der Waals surface area contributed by atoms with Gasteiger partial charge in [-0.05, 0) is 42.6 Å². The number of nitrogens with one attached hydrogen (secondary N) is 1. The Morgan fingerprint density at radius 1 is 1.26 bits per heavy atom. The summed E-state index contributed by atoms with van der Waals surface area (Å²) in [6.45, 7) is 5.10. The lowest BCUT2D eigenvalue weighted by molar-refractivity contribution is -0.112. The monoisotopic (exact) mass is 328 g/mol. The van der Waals surface area contributed by atoms with Crippen LogP contribution in [-0.4, -0.2) is 32.2 Å². The zero-order chi connectivity index (χ0) is 16.1. The van der Waals surface area contributed by atoms with E-state index in [4.69, 9.17) is 4.74 Å². The van der Waals surface area contributed by atoms with Crippen LogP contribution in [0.15, 0.2) is 47.4 Å². The van der Waals surface area contributed by atoms with E-state index >= 15 is 0 Å². The van der Waals surface area contributed by atoms with Gasteiger partial charge in [-0.3, -0.25) is 4.79 Å². The third kappa shape index (κ3) is 4.21. The second kappa shape index (κ2) is 7.44. The number of carbonyl (C=O) groups is 1. The van der Waals surface area contributed by atoms with Crippen LogP contribution in [0.5, 0.6) is 0 Å². The van der Waals surface area contributed by atoms with Crippen molar-refractivity contribution in [1.29, 1.82) is 0 Å². The summed E-state index contributed by atoms with van der Waals surface area (Å²) in [5.74, 6) is -0.0717. The molecule has 0 radical (unpaired) electrons. The average Bonchev–Trinajstić information content (AvgIpc) is 3.09. The Kier molecular flexibility index (Phi) is 5.10. The van der Waals surface area contributed by atoms with Gasteiger partial charge in [-0.2, -0.15) is 0 Å². The maximum absolute atomic E-state index is 12.3. The second-order valence-corrected chi connectivity index (χ2v) is 6.43. The standard InChI is InChI=1S/C18H20N2O2S/c1-14(12-17-6-3-11-23-17)18(21)19-15-4-2-5-16(13-15)20-7-9-22-10-8-20/h2-6,11-13H,7-10H2,1H3,(H,19,21)/b14-12+. The molecular formula is C18H20N2O2S. The molecular weight excluding hydrogens is 308 g/mol. The highest BCUT2D eigenvalue weighted by Crippen LogP contribution is 2.21. The number of amides is 1. The molecule has 1 aromatic heterocycles. The molecule has 2 aromatic rings. The number of ether oxygens (including phenoxy) is 1. The summed E-state index contributed by atoms with van der Waals surface area (Å²) in [4.78, 5) is 15.7. The highest BCUT2D eigenvalue weighted by molar-refractivity contribution is 7.10. The van der Waals surface area contributed by atoms with E-state index < -0.39 is 0 Å². The number of nitrogens with zero attached hydrogens (tertiary/aromatic N) is 1. The Morgan fingerprint density at radius 2 is 2.09 bits per heavy atom. The molecule has 2 heterocycles. The number of benzene rings is 1. The molecule has 5 heteroatoms. The van der Waals surface area contributed by atoms with Gasteiger partial charge < -0.3 is 15.0 Å². The Balaban J connectivity index is 1.68. The van der Waals surface area contributed by atoms with E-state index in [1.54, 1.807) is 11.3 Å². The van der Waals surface area contributed by atoms with Gasteiger partial charge in [0.15, 0.2) is 0 Å². The van der Waals surface area contributed by atoms with Gasteiger partial charge in [0.05, 0.1) is 13.2 Å². The molecule has 1 aromatic carbocycles. The topological polar surface area (TPSA) is 41.6 Å². The van der Waals surface area contributed by atoms with Crippen molar-refractivity contribution in [1.82, 2.24) is 0 Å². The Hall–Kier alpha value is -2.11. The van der Waals surface area contributed by atoms with E-state index in [1.807, 2.05) is 48.7 Å². The molecule has 0 spiro atoms. The van der Waals surface area contributed by atoms with E-state index in [9.17, 15) is 4.79 Å². The fraction of sp³-hybridized carbons (Fsp3) is 0.278. The average molecular weight is 328 g/mol. The molecule has 120 valence electrons. The quantitative estimate of drug-likeness (QED) is 0.872. The van der Waals surface area contributed by atoms with E-state index in [0.29, 0.717) is 5.57 Å². The Bertz CT molecular complexity index is 689. The van der Waals surface area contributed by atoms with Gasteiger partial charge >= 0.3 is 0 Å². The van der Waals surface area contributed by atoms with Crippen molar-refractivity contribution in [3.05, 3.63) is 52.2 Å². The fourth-order valence-electron chi connectivity index (χ4n) is 2.48. The second-order valence-electron chi connectivity index (χ2n) is 5.45. The minimum atomic E-state index is -0.0717. The van der Waals surface area contributed by atoms with Gasteiger partial charge in [0, 0.05) is 34.9 Å². The summed E-state index contributed by atoms with van der Waals surface area (Å²) in [5.41, 5.74) is 2.63. The molecule has 0 unspecified atom stereocenters. The summed E-state index contributed by atoms with van der Waals surface area (Å²) in [7, 11) is 0. The maximum atomic E-state index is 12.3. The van der Waals surface area contributed by atoms with E-state index in [0.717, 1.165) is 42.6 Å². The van der Waals surface area contributed by atoms with Gasteiger partial charge in [-0.1, -0.05) is 12.1 Å². The van der Waals surface area contributed by atoms with Gasteiger partial charge in [-0.15, -0.1) is 11.3 Å². The van der Waals surface area contributed by atoms with Crippen LogP contribution in [0, 0.1) is 0 Å². The third-order valence-electron chi connectivity index (χ3n) is 3.74. The molecule has 4 nitrogen and oxygen atoms in total. The van der Waals surface area contributed by atoms with Crippen LogP contribution in [0.1, 0.15) is 11.8 Å². The first-order chi connectivity index (χ1) is 11.2. The lowest BCUT2D eigenvalue weighted by atomic mass is 10.2. The molecule has 3 rings (SSSR count). The molecule has 0 atom stereocenters. The predicted molar refractivity (Wildman–Crippen MR) is 96.1 cm³/mol. The molecule has 0 bridgehead atoms.